The molecule has 2 aromatic carbocycles. The van der Waals surface area contributed by atoms with Gasteiger partial charge in [0.1, 0.15) is 17.6 Å². The number of aromatic nitrogens is 2. The Kier molecular flexibility index (Phi) is 7.05. The van der Waals surface area contributed by atoms with E-state index >= 15 is 0 Å². The highest BCUT2D eigenvalue weighted by atomic mass is 19.1. The lowest BCUT2D eigenvalue weighted by molar-refractivity contribution is 0.102. The summed E-state index contributed by atoms with van der Waals surface area (Å²) >= 11 is 0. The molecular weight excluding hydrogens is 373 g/mol. The number of nitriles is 1. The Morgan fingerprint density at radius 3 is 2.52 bits per heavy atom. The second kappa shape index (κ2) is 10.1. The molecule has 1 saturated heterocycles. The topological polar surface area (TPSA) is 103 Å². The molecule has 0 spiro atoms. The standard InChI is InChI=1S/C17H11FN4O.C4H9NO/c18-16-11(10-19)5-4-8-13(16)14-9-15(22-21-14)17(23)20-12-6-2-1-3-7-12;1-3-6-4-2-5-1/h1-9H,(H,20,23)(H,21,22);5H,1-4H2. The maximum Gasteiger partial charge on any atom is 0.273 e. The molecule has 0 radical (unpaired) electrons. The molecule has 1 amide bonds. The van der Waals surface area contributed by atoms with Gasteiger partial charge in [0.15, 0.2) is 0 Å². The highest BCUT2D eigenvalue weighted by Gasteiger charge is 2.15. The van der Waals surface area contributed by atoms with Crippen LogP contribution in [0.15, 0.2) is 54.6 Å². The van der Waals surface area contributed by atoms with Crippen LogP contribution in [0.4, 0.5) is 10.1 Å². The van der Waals surface area contributed by atoms with Gasteiger partial charge in [0.25, 0.3) is 5.91 Å². The number of morpholine rings is 1. The van der Waals surface area contributed by atoms with Crippen molar-refractivity contribution in [2.75, 3.05) is 31.6 Å². The highest BCUT2D eigenvalue weighted by Crippen LogP contribution is 2.23. The third-order valence-corrected chi connectivity index (χ3v) is 4.10. The van der Waals surface area contributed by atoms with Crippen molar-refractivity contribution >= 4 is 11.6 Å². The molecule has 3 aromatic rings. The minimum Gasteiger partial charge on any atom is -0.379 e. The van der Waals surface area contributed by atoms with E-state index in [0.29, 0.717) is 5.69 Å². The van der Waals surface area contributed by atoms with Crippen LogP contribution in [0.5, 0.6) is 0 Å². The van der Waals surface area contributed by atoms with Gasteiger partial charge in [-0.2, -0.15) is 10.4 Å². The van der Waals surface area contributed by atoms with Crippen molar-refractivity contribution in [1.82, 2.24) is 15.5 Å². The van der Waals surface area contributed by atoms with E-state index in [-0.39, 0.29) is 28.4 Å². The molecule has 7 nitrogen and oxygen atoms in total. The maximum absolute atomic E-state index is 14.1. The van der Waals surface area contributed by atoms with Crippen molar-refractivity contribution in [2.45, 2.75) is 0 Å². The maximum atomic E-state index is 14.1. The largest absolute Gasteiger partial charge is 0.379 e. The normalized spacial score (nSPS) is 13.0. The molecule has 1 aromatic heterocycles. The predicted molar refractivity (Wildman–Crippen MR) is 107 cm³/mol. The van der Waals surface area contributed by atoms with Crippen LogP contribution in [0.1, 0.15) is 16.1 Å². The Labute approximate surface area is 167 Å². The van der Waals surface area contributed by atoms with E-state index in [1.807, 2.05) is 6.07 Å². The SMILES string of the molecule is C1COCCN1.N#Cc1cccc(-c2cc(C(=O)Nc3ccccc3)[nH]n2)c1F. The van der Waals surface area contributed by atoms with Crippen molar-refractivity contribution in [1.29, 1.82) is 5.26 Å². The molecule has 0 aliphatic carbocycles. The molecular formula is C21H20FN5O2. The summed E-state index contributed by atoms with van der Waals surface area (Å²) in [5.41, 5.74) is 1.20. The average Bonchev–Trinajstić information content (AvgIpc) is 3.26. The van der Waals surface area contributed by atoms with Gasteiger partial charge in [-0.05, 0) is 30.3 Å². The number of benzene rings is 2. The van der Waals surface area contributed by atoms with Gasteiger partial charge in [0.2, 0.25) is 0 Å². The van der Waals surface area contributed by atoms with Gasteiger partial charge < -0.3 is 15.4 Å². The van der Waals surface area contributed by atoms with Crippen LogP contribution in [0, 0.1) is 17.1 Å². The lowest BCUT2D eigenvalue weighted by atomic mass is 10.1. The number of carbonyl (C=O) groups is 1. The summed E-state index contributed by atoms with van der Waals surface area (Å²) in [6.45, 7) is 3.83. The fraction of sp³-hybridized carbons (Fsp3) is 0.190. The van der Waals surface area contributed by atoms with Crippen LogP contribution < -0.4 is 10.6 Å². The molecule has 0 saturated carbocycles. The number of carbonyl (C=O) groups excluding carboxylic acids is 1. The van der Waals surface area contributed by atoms with Gasteiger partial charge in [-0.1, -0.05) is 24.3 Å². The number of ether oxygens (including phenoxy) is 1. The van der Waals surface area contributed by atoms with Gasteiger partial charge in [-0.25, -0.2) is 4.39 Å². The predicted octanol–water partition coefficient (Wildman–Crippen LogP) is 2.95. The van der Waals surface area contributed by atoms with Gasteiger partial charge in [-0.3, -0.25) is 9.89 Å². The van der Waals surface area contributed by atoms with Gasteiger partial charge in [0, 0.05) is 24.3 Å². The minimum absolute atomic E-state index is 0.0687. The number of halogens is 1. The molecule has 1 fully saturated rings. The van der Waals surface area contributed by atoms with Crippen molar-refractivity contribution < 1.29 is 13.9 Å². The first kappa shape index (κ1) is 20.2. The molecule has 148 valence electrons. The van der Waals surface area contributed by atoms with Crippen molar-refractivity contribution in [3.05, 3.63) is 71.7 Å². The molecule has 2 heterocycles. The Morgan fingerprint density at radius 1 is 1.14 bits per heavy atom. The molecule has 0 unspecified atom stereocenters. The summed E-state index contributed by atoms with van der Waals surface area (Å²) in [6.07, 6.45) is 0. The van der Waals surface area contributed by atoms with E-state index in [1.165, 1.54) is 18.2 Å². The second-order valence-corrected chi connectivity index (χ2v) is 6.13. The number of hydrogen-bond acceptors (Lipinski definition) is 5. The monoisotopic (exact) mass is 393 g/mol. The van der Waals surface area contributed by atoms with Crippen LogP contribution in [-0.2, 0) is 4.74 Å². The zero-order valence-corrected chi connectivity index (χ0v) is 15.6. The summed E-state index contributed by atoms with van der Waals surface area (Å²) in [4.78, 5) is 12.1. The zero-order valence-electron chi connectivity index (χ0n) is 15.6. The number of aromatic amines is 1. The Bertz CT molecular complexity index is 982. The Balaban J connectivity index is 0.000000343. The Morgan fingerprint density at radius 2 is 1.90 bits per heavy atom. The zero-order chi connectivity index (χ0) is 20.5. The first-order valence-electron chi connectivity index (χ1n) is 9.08. The minimum atomic E-state index is -0.656. The Hall–Kier alpha value is -3.54. The quantitative estimate of drug-likeness (QED) is 0.635. The molecule has 1 aliphatic rings. The summed E-state index contributed by atoms with van der Waals surface area (Å²) < 4.78 is 19.1. The fourth-order valence-electron chi connectivity index (χ4n) is 2.63. The second-order valence-electron chi connectivity index (χ2n) is 6.13. The molecule has 1 aliphatic heterocycles. The average molecular weight is 393 g/mol. The van der Waals surface area contributed by atoms with Crippen molar-refractivity contribution in [2.24, 2.45) is 0 Å². The molecule has 3 N–H and O–H groups in total. The number of H-pyrrole nitrogens is 1. The van der Waals surface area contributed by atoms with Gasteiger partial charge in [-0.15, -0.1) is 0 Å². The van der Waals surface area contributed by atoms with E-state index in [2.05, 4.69) is 20.8 Å². The highest BCUT2D eigenvalue weighted by molar-refractivity contribution is 6.03. The summed E-state index contributed by atoms with van der Waals surface area (Å²) in [5.74, 6) is -1.04. The third-order valence-electron chi connectivity index (χ3n) is 4.10. The fourth-order valence-corrected chi connectivity index (χ4v) is 2.63. The van der Waals surface area contributed by atoms with Crippen molar-refractivity contribution in [3.63, 3.8) is 0 Å². The molecule has 0 atom stereocenters. The summed E-state index contributed by atoms with van der Waals surface area (Å²) in [6, 6.07) is 16.6. The van der Waals surface area contributed by atoms with Gasteiger partial charge >= 0.3 is 0 Å². The van der Waals surface area contributed by atoms with Crippen LogP contribution in [0.3, 0.4) is 0 Å². The number of rotatable bonds is 3. The number of para-hydroxylation sites is 1. The van der Waals surface area contributed by atoms with E-state index in [9.17, 15) is 9.18 Å². The number of amides is 1. The van der Waals surface area contributed by atoms with E-state index in [0.717, 1.165) is 26.3 Å². The lowest BCUT2D eigenvalue weighted by Gasteiger charge is -2.10. The van der Waals surface area contributed by atoms with E-state index < -0.39 is 5.82 Å². The molecule has 8 heteroatoms. The van der Waals surface area contributed by atoms with E-state index in [4.69, 9.17) is 10.00 Å². The van der Waals surface area contributed by atoms with Gasteiger partial charge in [0.05, 0.1) is 24.5 Å². The number of hydrogen-bond donors (Lipinski definition) is 3. The molecule has 29 heavy (non-hydrogen) atoms. The van der Waals surface area contributed by atoms with Crippen LogP contribution in [-0.4, -0.2) is 42.4 Å². The van der Waals surface area contributed by atoms with Crippen LogP contribution in [0.2, 0.25) is 0 Å². The number of nitrogens with one attached hydrogen (secondary N) is 3. The number of anilines is 1. The van der Waals surface area contributed by atoms with Crippen LogP contribution in [0.25, 0.3) is 11.3 Å². The first-order valence-corrected chi connectivity index (χ1v) is 9.08. The molecule has 0 bridgehead atoms. The lowest BCUT2D eigenvalue weighted by Crippen LogP contribution is -2.30. The number of nitrogens with zero attached hydrogens (tertiary/aromatic N) is 2. The van der Waals surface area contributed by atoms with E-state index in [1.54, 1.807) is 36.4 Å². The smallest absolute Gasteiger partial charge is 0.273 e. The summed E-state index contributed by atoms with van der Waals surface area (Å²) in [5, 5.41) is 21.3. The first-order chi connectivity index (χ1) is 14.2. The van der Waals surface area contributed by atoms with Crippen molar-refractivity contribution in [3.8, 4) is 17.3 Å². The summed E-state index contributed by atoms with van der Waals surface area (Å²) in [7, 11) is 0. The molecule has 4 rings (SSSR count). The third kappa shape index (κ3) is 5.48. The van der Waals surface area contributed by atoms with Crippen LogP contribution >= 0.6 is 0 Å².